The third-order valence-corrected chi connectivity index (χ3v) is 2.57. The van der Waals surface area contributed by atoms with Crippen LogP contribution < -0.4 is 5.56 Å². The Bertz CT molecular complexity index is 639. The summed E-state index contributed by atoms with van der Waals surface area (Å²) in [6.07, 6.45) is 0. The number of fused-ring (bicyclic) bond motifs is 1. The average Bonchev–Trinajstić information content (AvgIpc) is 2.28. The van der Waals surface area contributed by atoms with Crippen LogP contribution in [0.15, 0.2) is 23.0 Å². The van der Waals surface area contributed by atoms with Gasteiger partial charge >= 0.3 is 0 Å². The summed E-state index contributed by atoms with van der Waals surface area (Å²) in [6, 6.07) is 5.06. The van der Waals surface area contributed by atoms with Gasteiger partial charge in [0.2, 0.25) is 0 Å². The highest BCUT2D eigenvalue weighted by atomic mass is 35.5. The summed E-state index contributed by atoms with van der Waals surface area (Å²) < 4.78 is 5.13. The van der Waals surface area contributed by atoms with Crippen LogP contribution in [0.3, 0.4) is 0 Å². The highest BCUT2D eigenvalue weighted by molar-refractivity contribution is 7.80. The van der Waals surface area contributed by atoms with Crippen LogP contribution in [0.25, 0.3) is 10.9 Å². The van der Waals surface area contributed by atoms with E-state index < -0.39 is 0 Å². The summed E-state index contributed by atoms with van der Waals surface area (Å²) in [6.45, 7) is 1.78. The van der Waals surface area contributed by atoms with E-state index >= 15 is 0 Å². The number of hydrogen-bond donors (Lipinski definition) is 1. The number of ether oxygens (including phenoxy) is 1. The largest absolute Gasteiger partial charge is 0.479 e. The minimum atomic E-state index is -0.238. The molecule has 0 unspecified atom stereocenters. The number of thiocarbonyl (C=S) groups is 1. The predicted molar refractivity (Wildman–Crippen MR) is 70.4 cm³/mol. The normalized spacial score (nSPS) is 10.5. The molecule has 0 aliphatic heterocycles. The van der Waals surface area contributed by atoms with Gasteiger partial charge in [-0.05, 0) is 24.4 Å². The van der Waals surface area contributed by atoms with E-state index in [0.29, 0.717) is 26.8 Å². The fourth-order valence-electron chi connectivity index (χ4n) is 1.41. The molecule has 2 rings (SSSR count). The van der Waals surface area contributed by atoms with E-state index in [1.54, 1.807) is 25.1 Å². The summed E-state index contributed by atoms with van der Waals surface area (Å²) in [5.74, 6) is 0.403. The van der Waals surface area contributed by atoms with Crippen molar-refractivity contribution in [3.8, 4) is 0 Å². The molecule has 0 saturated carbocycles. The first-order valence-corrected chi connectivity index (χ1v) is 5.67. The molecule has 1 aromatic carbocycles. The third-order valence-electron chi connectivity index (χ3n) is 2.15. The van der Waals surface area contributed by atoms with E-state index in [4.69, 9.17) is 28.6 Å². The van der Waals surface area contributed by atoms with Gasteiger partial charge < -0.3 is 9.72 Å². The molecule has 1 N–H and O–H groups in total. The number of para-hydroxylation sites is 1. The number of halogens is 1. The molecule has 0 fully saturated rings. The summed E-state index contributed by atoms with van der Waals surface area (Å²) in [5, 5.41) is 1.29. The SMILES string of the molecule is CC(=S)OCc1nc2c(Cl)cccc2c(=O)[nH]1. The summed E-state index contributed by atoms with van der Waals surface area (Å²) in [7, 11) is 0. The summed E-state index contributed by atoms with van der Waals surface area (Å²) in [5.41, 5.74) is 0.233. The van der Waals surface area contributed by atoms with Crippen molar-refractivity contribution in [3.05, 3.63) is 39.4 Å². The van der Waals surface area contributed by atoms with Crippen molar-refractivity contribution < 1.29 is 4.74 Å². The predicted octanol–water partition coefficient (Wildman–Crippen LogP) is 2.44. The zero-order valence-corrected chi connectivity index (χ0v) is 10.6. The highest BCUT2D eigenvalue weighted by Gasteiger charge is 2.07. The Kier molecular flexibility index (Phi) is 3.40. The van der Waals surface area contributed by atoms with Crippen molar-refractivity contribution in [2.24, 2.45) is 0 Å². The van der Waals surface area contributed by atoms with E-state index in [1.165, 1.54) is 0 Å². The molecule has 2 aromatic rings. The Morgan fingerprint density at radius 2 is 2.35 bits per heavy atom. The van der Waals surface area contributed by atoms with Crippen LogP contribution in [0, 0.1) is 0 Å². The van der Waals surface area contributed by atoms with Crippen molar-refractivity contribution in [2.75, 3.05) is 0 Å². The lowest BCUT2D eigenvalue weighted by Gasteiger charge is -2.05. The van der Waals surface area contributed by atoms with Crippen molar-refractivity contribution in [3.63, 3.8) is 0 Å². The van der Waals surface area contributed by atoms with Gasteiger partial charge in [-0.1, -0.05) is 17.7 Å². The molecule has 0 saturated heterocycles. The van der Waals surface area contributed by atoms with E-state index in [-0.39, 0.29) is 12.2 Å². The van der Waals surface area contributed by atoms with Gasteiger partial charge in [-0.2, -0.15) is 0 Å². The van der Waals surface area contributed by atoms with E-state index in [9.17, 15) is 4.79 Å². The molecule has 1 heterocycles. The Hall–Kier alpha value is -1.46. The van der Waals surface area contributed by atoms with Gasteiger partial charge in [-0.3, -0.25) is 4.79 Å². The molecule has 6 heteroatoms. The smallest absolute Gasteiger partial charge is 0.258 e. The molecular formula is C11H9ClN2O2S. The molecule has 0 bridgehead atoms. The zero-order chi connectivity index (χ0) is 12.4. The molecule has 88 valence electrons. The molecule has 0 spiro atoms. The van der Waals surface area contributed by atoms with Crippen molar-refractivity contribution in [1.82, 2.24) is 9.97 Å². The maximum atomic E-state index is 11.8. The summed E-state index contributed by atoms with van der Waals surface area (Å²) >= 11 is 10.8. The highest BCUT2D eigenvalue weighted by Crippen LogP contribution is 2.18. The lowest BCUT2D eigenvalue weighted by Crippen LogP contribution is -2.13. The van der Waals surface area contributed by atoms with Crippen LogP contribution in [0.1, 0.15) is 12.7 Å². The van der Waals surface area contributed by atoms with Gasteiger partial charge in [0.25, 0.3) is 5.56 Å². The van der Waals surface area contributed by atoms with Gasteiger partial charge in [0.15, 0.2) is 5.05 Å². The summed E-state index contributed by atoms with van der Waals surface area (Å²) in [4.78, 5) is 18.6. The minimum absolute atomic E-state index is 0.131. The molecule has 0 aliphatic carbocycles. The molecule has 1 aromatic heterocycles. The molecular weight excluding hydrogens is 260 g/mol. The number of aromatic nitrogens is 2. The Balaban J connectivity index is 2.50. The number of benzene rings is 1. The van der Waals surface area contributed by atoms with Gasteiger partial charge in [0.1, 0.15) is 12.4 Å². The lowest BCUT2D eigenvalue weighted by molar-refractivity contribution is 0.288. The molecule has 4 nitrogen and oxygen atoms in total. The fourth-order valence-corrected chi connectivity index (χ4v) is 1.69. The second-order valence-corrected chi connectivity index (χ2v) is 4.41. The molecule has 0 atom stereocenters. The Morgan fingerprint density at radius 3 is 3.06 bits per heavy atom. The fraction of sp³-hybridized carbons (Fsp3) is 0.182. The Morgan fingerprint density at radius 1 is 1.59 bits per heavy atom. The van der Waals surface area contributed by atoms with Crippen molar-refractivity contribution >= 4 is 39.8 Å². The first kappa shape index (κ1) is 12.0. The maximum Gasteiger partial charge on any atom is 0.258 e. The zero-order valence-electron chi connectivity index (χ0n) is 8.99. The second kappa shape index (κ2) is 4.81. The number of nitrogens with one attached hydrogen (secondary N) is 1. The van der Waals surface area contributed by atoms with E-state index in [1.807, 2.05) is 0 Å². The van der Waals surface area contributed by atoms with Crippen LogP contribution >= 0.6 is 23.8 Å². The average molecular weight is 269 g/mol. The van der Waals surface area contributed by atoms with E-state index in [2.05, 4.69) is 9.97 Å². The van der Waals surface area contributed by atoms with Crippen LogP contribution in [-0.4, -0.2) is 15.0 Å². The quantitative estimate of drug-likeness (QED) is 0.850. The van der Waals surface area contributed by atoms with Crippen molar-refractivity contribution in [1.29, 1.82) is 0 Å². The van der Waals surface area contributed by atoms with Crippen LogP contribution in [-0.2, 0) is 11.3 Å². The third kappa shape index (κ3) is 2.62. The minimum Gasteiger partial charge on any atom is -0.479 e. The number of aromatic amines is 1. The lowest BCUT2D eigenvalue weighted by atomic mass is 10.2. The first-order valence-electron chi connectivity index (χ1n) is 4.88. The number of H-pyrrole nitrogens is 1. The Labute approximate surface area is 108 Å². The maximum absolute atomic E-state index is 11.8. The standard InChI is InChI=1S/C11H9ClN2O2S/c1-6(17)16-5-9-13-10-7(11(15)14-9)3-2-4-8(10)12/h2-4H,5H2,1H3,(H,13,14,15). The van der Waals surface area contributed by atoms with Gasteiger partial charge in [0.05, 0.1) is 15.9 Å². The van der Waals surface area contributed by atoms with Gasteiger partial charge in [-0.25, -0.2) is 4.98 Å². The molecule has 17 heavy (non-hydrogen) atoms. The van der Waals surface area contributed by atoms with Crippen LogP contribution in [0.5, 0.6) is 0 Å². The number of nitrogens with zero attached hydrogens (tertiary/aromatic N) is 1. The first-order chi connectivity index (χ1) is 8.08. The monoisotopic (exact) mass is 268 g/mol. The molecule has 0 amide bonds. The van der Waals surface area contributed by atoms with Crippen molar-refractivity contribution in [2.45, 2.75) is 13.5 Å². The number of hydrogen-bond acceptors (Lipinski definition) is 4. The van der Waals surface area contributed by atoms with Gasteiger partial charge in [-0.15, -0.1) is 0 Å². The van der Waals surface area contributed by atoms with Crippen LogP contribution in [0.4, 0.5) is 0 Å². The topological polar surface area (TPSA) is 55.0 Å². The van der Waals surface area contributed by atoms with Gasteiger partial charge in [0, 0.05) is 6.92 Å². The van der Waals surface area contributed by atoms with E-state index in [0.717, 1.165) is 0 Å². The molecule has 0 aliphatic rings. The van der Waals surface area contributed by atoms with Crippen LogP contribution in [0.2, 0.25) is 5.02 Å². The molecule has 0 radical (unpaired) electrons. The second-order valence-electron chi connectivity index (χ2n) is 3.43. The number of rotatable bonds is 2.